The van der Waals surface area contributed by atoms with Crippen LogP contribution in [0.3, 0.4) is 0 Å². The van der Waals surface area contributed by atoms with E-state index in [-0.39, 0.29) is 21.5 Å². The van der Waals surface area contributed by atoms with Crippen molar-refractivity contribution in [2.75, 3.05) is 11.1 Å². The van der Waals surface area contributed by atoms with Crippen LogP contribution in [0.25, 0.3) is 0 Å². The van der Waals surface area contributed by atoms with Crippen molar-refractivity contribution in [2.24, 2.45) is 0 Å². The van der Waals surface area contributed by atoms with Crippen molar-refractivity contribution in [1.29, 1.82) is 0 Å². The first kappa shape index (κ1) is 24.5. The number of sulfone groups is 1. The van der Waals surface area contributed by atoms with Gasteiger partial charge in [-0.05, 0) is 49.2 Å². The molecule has 0 spiro atoms. The average molecular weight is 498 g/mol. The lowest BCUT2D eigenvalue weighted by Crippen LogP contribution is -2.20. The zero-order chi connectivity index (χ0) is 24.4. The van der Waals surface area contributed by atoms with Crippen molar-refractivity contribution in [1.82, 2.24) is 9.97 Å². The number of aryl methyl sites for hydroxylation is 2. The number of nitrogens with zero attached hydrogens (tertiary/aromatic N) is 1. The maximum atomic E-state index is 12.9. The summed E-state index contributed by atoms with van der Waals surface area (Å²) < 4.78 is 64.1. The molecule has 3 aromatic rings. The molecule has 174 valence electrons. The molecule has 3 rings (SSSR count). The van der Waals surface area contributed by atoms with Crippen LogP contribution in [0.4, 0.5) is 18.9 Å². The van der Waals surface area contributed by atoms with E-state index in [0.29, 0.717) is 11.1 Å². The lowest BCUT2D eigenvalue weighted by molar-refractivity contribution is -0.137. The normalized spacial score (nSPS) is 11.9. The molecular formula is C21H18F3N3O4S2. The van der Waals surface area contributed by atoms with Gasteiger partial charge in [0.05, 0.1) is 22.4 Å². The number of amides is 1. The van der Waals surface area contributed by atoms with Gasteiger partial charge >= 0.3 is 6.18 Å². The highest BCUT2D eigenvalue weighted by Gasteiger charge is 2.30. The van der Waals surface area contributed by atoms with Gasteiger partial charge in [-0.3, -0.25) is 9.59 Å². The molecule has 0 aliphatic heterocycles. The molecule has 7 nitrogen and oxygen atoms in total. The van der Waals surface area contributed by atoms with Crippen LogP contribution in [-0.2, 0) is 20.8 Å². The molecule has 1 aromatic heterocycles. The summed E-state index contributed by atoms with van der Waals surface area (Å²) in [6, 6.07) is 9.01. The number of alkyl halides is 3. The Morgan fingerprint density at radius 2 is 1.85 bits per heavy atom. The lowest BCUT2D eigenvalue weighted by Gasteiger charge is -2.10. The highest BCUT2D eigenvalue weighted by Crippen LogP contribution is 2.30. The zero-order valence-corrected chi connectivity index (χ0v) is 19.0. The van der Waals surface area contributed by atoms with E-state index in [1.165, 1.54) is 18.2 Å². The first-order chi connectivity index (χ1) is 15.4. The van der Waals surface area contributed by atoms with Crippen LogP contribution in [-0.4, -0.2) is 30.0 Å². The predicted octanol–water partition coefficient (Wildman–Crippen LogP) is 3.97. The van der Waals surface area contributed by atoms with Crippen molar-refractivity contribution in [3.05, 3.63) is 75.7 Å². The number of aromatic amines is 1. The monoisotopic (exact) mass is 497 g/mol. The number of hydrogen-bond acceptors (Lipinski definition) is 6. The van der Waals surface area contributed by atoms with Gasteiger partial charge in [-0.15, -0.1) is 0 Å². The Hall–Kier alpha value is -3.12. The summed E-state index contributed by atoms with van der Waals surface area (Å²) in [5.41, 5.74) is -0.648. The van der Waals surface area contributed by atoms with Gasteiger partial charge in [0, 0.05) is 5.69 Å². The van der Waals surface area contributed by atoms with Crippen LogP contribution in [0, 0.1) is 13.8 Å². The third-order valence-corrected chi connectivity index (χ3v) is 7.26. The van der Waals surface area contributed by atoms with Crippen molar-refractivity contribution in [3.63, 3.8) is 0 Å². The highest BCUT2D eigenvalue weighted by atomic mass is 32.2. The van der Waals surface area contributed by atoms with E-state index in [1.54, 1.807) is 26.0 Å². The largest absolute Gasteiger partial charge is 0.416 e. The first-order valence-corrected chi connectivity index (χ1v) is 11.9. The molecule has 0 aliphatic carbocycles. The summed E-state index contributed by atoms with van der Waals surface area (Å²) in [4.78, 5) is 30.2. The van der Waals surface area contributed by atoms with Gasteiger partial charge in [0.2, 0.25) is 15.7 Å². The number of aromatic nitrogens is 2. The number of carbonyl (C=O) groups excluding carboxylic acids is 1. The SMILES string of the molecule is Cc1ccc(C)c(S(=O)(=O)c2cnc(SCC(=O)Nc3cccc(C(F)(F)F)c3)[nH]c2=O)c1. The number of halogens is 3. The van der Waals surface area contributed by atoms with Crippen molar-refractivity contribution in [3.8, 4) is 0 Å². The van der Waals surface area contributed by atoms with Crippen LogP contribution in [0.1, 0.15) is 16.7 Å². The Morgan fingerprint density at radius 3 is 2.52 bits per heavy atom. The maximum Gasteiger partial charge on any atom is 0.416 e. The third kappa shape index (κ3) is 5.82. The van der Waals surface area contributed by atoms with Crippen molar-refractivity contribution in [2.45, 2.75) is 35.0 Å². The number of rotatable bonds is 6. The number of thioether (sulfide) groups is 1. The quantitative estimate of drug-likeness (QED) is 0.394. The molecule has 0 radical (unpaired) electrons. The lowest BCUT2D eigenvalue weighted by atomic mass is 10.2. The molecule has 2 N–H and O–H groups in total. The van der Waals surface area contributed by atoms with E-state index in [4.69, 9.17) is 0 Å². The second-order valence-corrected chi connectivity index (χ2v) is 9.92. The van der Waals surface area contributed by atoms with Crippen molar-refractivity contribution < 1.29 is 26.4 Å². The van der Waals surface area contributed by atoms with E-state index >= 15 is 0 Å². The molecule has 0 atom stereocenters. The van der Waals surface area contributed by atoms with E-state index in [1.807, 2.05) is 0 Å². The van der Waals surface area contributed by atoms with Crippen LogP contribution >= 0.6 is 11.8 Å². The third-order valence-electron chi connectivity index (χ3n) is 4.48. The molecule has 0 bridgehead atoms. The number of H-pyrrole nitrogens is 1. The van der Waals surface area contributed by atoms with Gasteiger partial charge in [-0.1, -0.05) is 30.0 Å². The topological polar surface area (TPSA) is 109 Å². The van der Waals surface area contributed by atoms with Gasteiger partial charge in [0.1, 0.15) is 0 Å². The van der Waals surface area contributed by atoms with Crippen molar-refractivity contribution >= 4 is 33.2 Å². The average Bonchev–Trinajstić information content (AvgIpc) is 2.73. The van der Waals surface area contributed by atoms with E-state index in [0.717, 1.165) is 30.1 Å². The fourth-order valence-electron chi connectivity index (χ4n) is 2.85. The summed E-state index contributed by atoms with van der Waals surface area (Å²) in [6.07, 6.45) is -3.62. The van der Waals surface area contributed by atoms with E-state index < -0.39 is 37.9 Å². The first-order valence-electron chi connectivity index (χ1n) is 9.39. The summed E-state index contributed by atoms with van der Waals surface area (Å²) >= 11 is 0.797. The van der Waals surface area contributed by atoms with Gasteiger partial charge < -0.3 is 10.3 Å². The van der Waals surface area contributed by atoms with Gasteiger partial charge in [0.25, 0.3) is 5.56 Å². The molecule has 33 heavy (non-hydrogen) atoms. The Labute approximate surface area is 191 Å². The molecule has 1 heterocycles. The second kappa shape index (κ2) is 9.40. The maximum absolute atomic E-state index is 12.9. The Kier molecular flexibility index (Phi) is 6.98. The molecule has 1 amide bonds. The molecule has 0 saturated carbocycles. The molecule has 2 aromatic carbocycles. The standard InChI is InChI=1S/C21H18F3N3O4S2/c1-12-6-7-13(2)16(8-12)33(30,31)17-10-25-20(27-19(17)29)32-11-18(28)26-15-5-3-4-14(9-15)21(22,23)24/h3-10H,11H2,1-2H3,(H,26,28)(H,25,27,29). The van der Waals surface area contributed by atoms with Crippen LogP contribution in [0.15, 0.2) is 68.4 Å². The number of benzene rings is 2. The fourth-order valence-corrected chi connectivity index (χ4v) is 5.04. The minimum Gasteiger partial charge on any atom is -0.325 e. The van der Waals surface area contributed by atoms with E-state index in [9.17, 15) is 31.2 Å². The van der Waals surface area contributed by atoms with Crippen LogP contribution in [0.2, 0.25) is 0 Å². The van der Waals surface area contributed by atoms with Gasteiger partial charge in [-0.2, -0.15) is 13.2 Å². The highest BCUT2D eigenvalue weighted by molar-refractivity contribution is 7.99. The Morgan fingerprint density at radius 1 is 1.12 bits per heavy atom. The minimum atomic E-state index is -4.54. The second-order valence-electron chi connectivity index (χ2n) is 7.07. The summed E-state index contributed by atoms with van der Waals surface area (Å²) in [6.45, 7) is 3.34. The van der Waals surface area contributed by atoms with Crippen LogP contribution in [0.5, 0.6) is 0 Å². The Balaban J connectivity index is 1.72. The minimum absolute atomic E-state index is 0.00401. The summed E-state index contributed by atoms with van der Waals surface area (Å²) in [5, 5.41) is 2.32. The number of hydrogen-bond donors (Lipinski definition) is 2. The fraction of sp³-hybridized carbons (Fsp3) is 0.190. The number of carbonyl (C=O) groups is 1. The molecule has 12 heteroatoms. The molecule has 0 fully saturated rings. The smallest absolute Gasteiger partial charge is 0.325 e. The number of nitrogens with one attached hydrogen (secondary N) is 2. The molecule has 0 saturated heterocycles. The molecular weight excluding hydrogens is 479 g/mol. The summed E-state index contributed by atoms with van der Waals surface area (Å²) in [5.74, 6) is -0.906. The number of anilines is 1. The zero-order valence-electron chi connectivity index (χ0n) is 17.4. The molecule has 0 unspecified atom stereocenters. The van der Waals surface area contributed by atoms with Gasteiger partial charge in [0.15, 0.2) is 10.1 Å². The summed E-state index contributed by atoms with van der Waals surface area (Å²) in [7, 11) is -4.11. The van der Waals surface area contributed by atoms with Crippen LogP contribution < -0.4 is 10.9 Å². The predicted molar refractivity (Wildman–Crippen MR) is 117 cm³/mol. The van der Waals surface area contributed by atoms with E-state index in [2.05, 4.69) is 15.3 Å². The Bertz CT molecular complexity index is 1370. The molecule has 0 aliphatic rings. The van der Waals surface area contributed by atoms with Gasteiger partial charge in [-0.25, -0.2) is 13.4 Å².